The molecule has 1 aromatic heterocycles. The second kappa shape index (κ2) is 9.78. The lowest BCUT2D eigenvalue weighted by molar-refractivity contribution is -0.123. The fraction of sp³-hybridized carbons (Fsp3) is 0.333. The largest absolute Gasteiger partial charge is 0.455 e. The second-order valence-electron chi connectivity index (χ2n) is 7.06. The molecule has 3 aromatic rings. The molecule has 0 aliphatic carbocycles. The van der Waals surface area contributed by atoms with Crippen LogP contribution in [0.2, 0.25) is 0 Å². The molecule has 1 aliphatic rings. The van der Waals surface area contributed by atoms with Gasteiger partial charge in [0.05, 0.1) is 17.1 Å². The fourth-order valence-electron chi connectivity index (χ4n) is 3.49. The molecule has 2 aromatic carbocycles. The van der Waals surface area contributed by atoms with Gasteiger partial charge in [0.25, 0.3) is 11.9 Å². The summed E-state index contributed by atoms with van der Waals surface area (Å²) in [6.07, 6.45) is 0.362. The number of aromatic nitrogens is 2. The molecule has 0 radical (unpaired) electrons. The molecule has 154 valence electrons. The zero-order valence-electron chi connectivity index (χ0n) is 16.1. The number of rotatable bonds is 7. The number of para-hydroxylation sites is 2. The molecule has 4 rings (SSSR count). The van der Waals surface area contributed by atoms with Crippen molar-refractivity contribution in [2.24, 2.45) is 0 Å². The summed E-state index contributed by atoms with van der Waals surface area (Å²) in [5, 5.41) is 13.0. The molecular formula is C21H26N4O3S. The minimum atomic E-state index is -0.625. The number of ether oxygens (including phenoxy) is 1. The third kappa shape index (κ3) is 5.50. The average Bonchev–Trinajstić information content (AvgIpc) is 3.14. The Balaban J connectivity index is 0.00000240. The first kappa shape index (κ1) is 21.2. The number of aliphatic hydroxyl groups is 1. The van der Waals surface area contributed by atoms with Crippen LogP contribution in [0.5, 0.6) is 6.01 Å². The highest BCUT2D eigenvalue weighted by Crippen LogP contribution is 2.18. The lowest BCUT2D eigenvalue weighted by Gasteiger charge is -2.30. The number of hydrogen-bond acceptors (Lipinski definition) is 5. The van der Waals surface area contributed by atoms with Crippen LogP contribution < -0.4 is 10.1 Å². The summed E-state index contributed by atoms with van der Waals surface area (Å²) in [4.78, 5) is 21.5. The first-order chi connectivity index (χ1) is 13.7. The maximum atomic E-state index is 12.0. The zero-order valence-corrected chi connectivity index (χ0v) is 17.1. The molecule has 0 unspecified atom stereocenters. The number of nitrogens with one attached hydrogen (secondary N) is 2. The number of β-amino-alcohol motifs (C(OH)–C–C–N with tert-alkyl or cyclic N) is 1. The number of carbonyl (C=O) groups is 1. The molecule has 8 heteroatoms. The lowest BCUT2D eigenvalue weighted by Crippen LogP contribution is -2.42. The van der Waals surface area contributed by atoms with Crippen LogP contribution in [-0.2, 0) is 17.8 Å². The van der Waals surface area contributed by atoms with Crippen molar-refractivity contribution < 1.29 is 14.6 Å². The van der Waals surface area contributed by atoms with Gasteiger partial charge in [-0.05, 0) is 29.7 Å². The Kier molecular flexibility index (Phi) is 7.13. The van der Waals surface area contributed by atoms with E-state index in [0.717, 1.165) is 30.5 Å². The van der Waals surface area contributed by atoms with Crippen molar-refractivity contribution in [2.75, 3.05) is 26.2 Å². The van der Waals surface area contributed by atoms with Crippen LogP contribution in [0.3, 0.4) is 0 Å². The molecule has 3 N–H and O–H groups in total. The molecular weight excluding hydrogens is 388 g/mol. The molecule has 1 atom stereocenters. The lowest BCUT2D eigenvalue weighted by atomic mass is 10.00. The molecule has 0 spiro atoms. The van der Waals surface area contributed by atoms with Crippen LogP contribution >= 0.6 is 13.5 Å². The number of amides is 1. The van der Waals surface area contributed by atoms with Gasteiger partial charge in [-0.1, -0.05) is 36.4 Å². The van der Waals surface area contributed by atoms with Gasteiger partial charge in [0.15, 0.2) is 6.61 Å². The van der Waals surface area contributed by atoms with Crippen molar-refractivity contribution in [1.82, 2.24) is 20.2 Å². The Morgan fingerprint density at radius 1 is 1.21 bits per heavy atom. The van der Waals surface area contributed by atoms with E-state index in [1.807, 2.05) is 30.3 Å². The van der Waals surface area contributed by atoms with Gasteiger partial charge >= 0.3 is 0 Å². The van der Waals surface area contributed by atoms with E-state index < -0.39 is 6.10 Å². The maximum Gasteiger partial charge on any atom is 0.295 e. The minimum absolute atomic E-state index is 0. The van der Waals surface area contributed by atoms with E-state index in [2.05, 4.69) is 38.4 Å². The Labute approximate surface area is 176 Å². The van der Waals surface area contributed by atoms with E-state index >= 15 is 0 Å². The average molecular weight is 415 g/mol. The van der Waals surface area contributed by atoms with Gasteiger partial charge in [-0.2, -0.15) is 18.5 Å². The van der Waals surface area contributed by atoms with Crippen LogP contribution in [-0.4, -0.2) is 58.2 Å². The Morgan fingerprint density at radius 3 is 2.79 bits per heavy atom. The van der Waals surface area contributed by atoms with Crippen molar-refractivity contribution >= 4 is 30.4 Å². The summed E-state index contributed by atoms with van der Waals surface area (Å²) in [7, 11) is 0. The van der Waals surface area contributed by atoms with E-state index in [0.29, 0.717) is 12.6 Å². The van der Waals surface area contributed by atoms with Gasteiger partial charge in [-0.15, -0.1) is 0 Å². The van der Waals surface area contributed by atoms with Crippen molar-refractivity contribution in [1.29, 1.82) is 0 Å². The molecule has 1 amide bonds. The van der Waals surface area contributed by atoms with Gasteiger partial charge in [0, 0.05) is 26.2 Å². The summed E-state index contributed by atoms with van der Waals surface area (Å²) < 4.78 is 5.40. The minimum Gasteiger partial charge on any atom is -0.455 e. The van der Waals surface area contributed by atoms with Crippen molar-refractivity contribution in [2.45, 2.75) is 19.1 Å². The van der Waals surface area contributed by atoms with Gasteiger partial charge < -0.3 is 20.1 Å². The monoisotopic (exact) mass is 414 g/mol. The normalized spacial score (nSPS) is 14.7. The molecule has 2 heterocycles. The van der Waals surface area contributed by atoms with Gasteiger partial charge in [0.1, 0.15) is 0 Å². The first-order valence-electron chi connectivity index (χ1n) is 9.49. The molecule has 0 saturated heterocycles. The Hall–Kier alpha value is -2.55. The Morgan fingerprint density at radius 2 is 1.97 bits per heavy atom. The van der Waals surface area contributed by atoms with Crippen LogP contribution in [0.25, 0.3) is 11.0 Å². The third-order valence-electron chi connectivity index (χ3n) is 4.92. The fourth-order valence-corrected chi connectivity index (χ4v) is 3.49. The number of hydrogen-bond donors (Lipinski definition) is 3. The predicted octanol–water partition coefficient (Wildman–Crippen LogP) is 1.59. The number of H-pyrrole nitrogens is 1. The van der Waals surface area contributed by atoms with Crippen LogP contribution in [0.15, 0.2) is 48.5 Å². The van der Waals surface area contributed by atoms with Crippen LogP contribution in [0, 0.1) is 0 Å². The topological polar surface area (TPSA) is 90.5 Å². The predicted molar refractivity (Wildman–Crippen MR) is 116 cm³/mol. The van der Waals surface area contributed by atoms with Gasteiger partial charge in [-0.25, -0.2) is 0 Å². The summed E-state index contributed by atoms with van der Waals surface area (Å²) >= 11 is 0. The standard InChI is InChI=1S/C21H24N4O3.H2S/c26-17(13-25-10-9-15-5-1-2-6-16(15)12-25)11-22-20(27)14-28-21-23-18-7-3-4-8-19(18)24-21;/h1-8,17,26H,9-14H2,(H,22,27)(H,23,24);1H2/t17-;/m0./s1. The van der Waals surface area contributed by atoms with E-state index in [4.69, 9.17) is 4.74 Å². The summed E-state index contributed by atoms with van der Waals surface area (Å²) in [5.41, 5.74) is 4.33. The molecule has 7 nitrogen and oxygen atoms in total. The van der Waals surface area contributed by atoms with E-state index in [9.17, 15) is 9.90 Å². The van der Waals surface area contributed by atoms with E-state index in [1.165, 1.54) is 11.1 Å². The molecule has 0 fully saturated rings. The van der Waals surface area contributed by atoms with Crippen molar-refractivity contribution in [3.63, 3.8) is 0 Å². The van der Waals surface area contributed by atoms with E-state index in [-0.39, 0.29) is 32.6 Å². The van der Waals surface area contributed by atoms with Crippen LogP contribution in [0.4, 0.5) is 0 Å². The number of aromatic amines is 1. The second-order valence-corrected chi connectivity index (χ2v) is 7.06. The number of carbonyl (C=O) groups excluding carboxylic acids is 1. The maximum absolute atomic E-state index is 12.0. The first-order valence-corrected chi connectivity index (χ1v) is 9.49. The van der Waals surface area contributed by atoms with Crippen LogP contribution in [0.1, 0.15) is 11.1 Å². The highest BCUT2D eigenvalue weighted by molar-refractivity contribution is 7.59. The summed E-state index contributed by atoms with van der Waals surface area (Å²) in [6.45, 7) is 2.32. The zero-order chi connectivity index (χ0) is 19.3. The quantitative estimate of drug-likeness (QED) is 0.546. The number of fused-ring (bicyclic) bond motifs is 2. The smallest absolute Gasteiger partial charge is 0.295 e. The number of aliphatic hydroxyl groups excluding tert-OH is 1. The van der Waals surface area contributed by atoms with Gasteiger partial charge in [-0.3, -0.25) is 9.69 Å². The third-order valence-corrected chi connectivity index (χ3v) is 4.92. The summed E-state index contributed by atoms with van der Waals surface area (Å²) in [5.74, 6) is -0.288. The van der Waals surface area contributed by atoms with Gasteiger partial charge in [0.2, 0.25) is 0 Å². The van der Waals surface area contributed by atoms with Crippen molar-refractivity contribution in [3.8, 4) is 6.01 Å². The van der Waals surface area contributed by atoms with Crippen molar-refractivity contribution in [3.05, 3.63) is 59.7 Å². The molecule has 0 bridgehead atoms. The Bertz CT molecular complexity index is 929. The number of imidazole rings is 1. The highest BCUT2D eigenvalue weighted by atomic mass is 32.1. The molecule has 0 saturated carbocycles. The highest BCUT2D eigenvalue weighted by Gasteiger charge is 2.18. The summed E-state index contributed by atoms with van der Waals surface area (Å²) in [6, 6.07) is 16.3. The number of nitrogens with zero attached hydrogens (tertiary/aromatic N) is 2. The molecule has 29 heavy (non-hydrogen) atoms. The number of benzene rings is 2. The SMILES string of the molecule is O=C(COc1nc2ccccc2[nH]1)NC[C@H](O)CN1CCc2ccccc2C1.S. The molecule has 1 aliphatic heterocycles. The van der Waals surface area contributed by atoms with E-state index in [1.54, 1.807) is 0 Å².